The second-order valence-electron chi connectivity index (χ2n) is 8.36. The van der Waals surface area contributed by atoms with Crippen LogP contribution in [0.1, 0.15) is 37.9 Å². The Labute approximate surface area is 176 Å². The molecule has 2 fully saturated rings. The molecule has 2 saturated heterocycles. The van der Waals surface area contributed by atoms with Gasteiger partial charge >= 0.3 is 0 Å². The van der Waals surface area contributed by atoms with Gasteiger partial charge < -0.3 is 19.3 Å². The van der Waals surface area contributed by atoms with Gasteiger partial charge in [-0.15, -0.1) is 0 Å². The van der Waals surface area contributed by atoms with E-state index in [0.717, 1.165) is 32.5 Å². The van der Waals surface area contributed by atoms with Crippen LogP contribution in [0.15, 0.2) is 34.9 Å². The minimum atomic E-state index is -0.583. The molecule has 30 heavy (non-hydrogen) atoms. The lowest BCUT2D eigenvalue weighted by molar-refractivity contribution is -0.137. The number of benzene rings is 1. The summed E-state index contributed by atoms with van der Waals surface area (Å²) in [6.45, 7) is 3.44. The number of amides is 1. The number of aromatic nitrogens is 1. The average molecular weight is 416 g/mol. The van der Waals surface area contributed by atoms with Crippen LogP contribution in [0.2, 0.25) is 0 Å². The van der Waals surface area contributed by atoms with Gasteiger partial charge in [0, 0.05) is 51.0 Å². The first-order valence-electron chi connectivity index (χ1n) is 10.8. The molecular weight excluding hydrogens is 387 g/mol. The molecule has 1 aromatic carbocycles. The normalized spacial score (nSPS) is 20.9. The number of nitrogens with zero attached hydrogens (tertiary/aromatic N) is 1. The molecule has 0 unspecified atom stereocenters. The summed E-state index contributed by atoms with van der Waals surface area (Å²) in [5.41, 5.74) is 0.263. The lowest BCUT2D eigenvalue weighted by Crippen LogP contribution is -2.46. The number of rotatable bonds is 8. The van der Waals surface area contributed by atoms with Gasteiger partial charge in [0.1, 0.15) is 17.3 Å². The predicted octanol–water partition coefficient (Wildman–Crippen LogP) is 3.75. The van der Waals surface area contributed by atoms with E-state index in [0.29, 0.717) is 62.0 Å². The summed E-state index contributed by atoms with van der Waals surface area (Å²) in [6.07, 6.45) is 4.83. The molecule has 1 aromatic heterocycles. The van der Waals surface area contributed by atoms with Crippen LogP contribution >= 0.6 is 0 Å². The molecule has 3 heterocycles. The van der Waals surface area contributed by atoms with E-state index in [1.54, 1.807) is 24.3 Å². The first-order chi connectivity index (χ1) is 14.7. The minimum absolute atomic E-state index is 0.0392. The summed E-state index contributed by atoms with van der Waals surface area (Å²) < 4.78 is 30.5. The van der Waals surface area contributed by atoms with Gasteiger partial charge in [0.15, 0.2) is 0 Å². The van der Waals surface area contributed by atoms with Crippen LogP contribution in [-0.4, -0.2) is 44.0 Å². The van der Waals surface area contributed by atoms with E-state index in [-0.39, 0.29) is 11.7 Å². The molecule has 1 amide bonds. The number of ether oxygens (including phenoxy) is 2. The Bertz CT molecular complexity index is 841. The van der Waals surface area contributed by atoms with Crippen LogP contribution in [0.25, 0.3) is 11.3 Å². The Morgan fingerprint density at radius 2 is 2.03 bits per heavy atom. The Kier molecular flexibility index (Phi) is 6.79. The van der Waals surface area contributed by atoms with Crippen LogP contribution in [0.5, 0.6) is 0 Å². The Hall–Kier alpha value is -2.25. The van der Waals surface area contributed by atoms with Gasteiger partial charge in [0.05, 0.1) is 5.41 Å². The third-order valence-corrected chi connectivity index (χ3v) is 6.25. The van der Waals surface area contributed by atoms with Crippen LogP contribution in [0.3, 0.4) is 0 Å². The standard InChI is InChI=1S/C23H29FN2O4/c24-20-6-2-1-5-19(20)21-14-18(30-26-21)15-23(8-12-28-13-9-23)22(27)25-10-3-4-17-7-11-29-16-17/h1-2,5-6,14,17H,3-4,7-13,15-16H2,(H,25,27)/t17-/m0/s1. The van der Waals surface area contributed by atoms with Gasteiger partial charge in [0.2, 0.25) is 5.91 Å². The largest absolute Gasteiger partial charge is 0.381 e. The molecule has 0 spiro atoms. The summed E-state index contributed by atoms with van der Waals surface area (Å²) in [7, 11) is 0. The maximum Gasteiger partial charge on any atom is 0.226 e. The summed E-state index contributed by atoms with van der Waals surface area (Å²) in [4.78, 5) is 13.1. The van der Waals surface area contributed by atoms with Gasteiger partial charge in [-0.25, -0.2) is 4.39 Å². The highest BCUT2D eigenvalue weighted by atomic mass is 19.1. The molecule has 1 N–H and O–H groups in total. The molecule has 4 rings (SSSR count). The van der Waals surface area contributed by atoms with E-state index in [1.807, 2.05) is 0 Å². The number of hydrogen-bond donors (Lipinski definition) is 1. The number of carbonyl (C=O) groups is 1. The molecule has 2 aromatic rings. The van der Waals surface area contributed by atoms with Crippen molar-refractivity contribution in [2.45, 2.75) is 38.5 Å². The summed E-state index contributed by atoms with van der Waals surface area (Å²) in [6, 6.07) is 8.21. The third-order valence-electron chi connectivity index (χ3n) is 6.25. The highest BCUT2D eigenvalue weighted by Crippen LogP contribution is 2.36. The summed E-state index contributed by atoms with van der Waals surface area (Å²) in [5, 5.41) is 7.16. The first kappa shape index (κ1) is 21.0. The van der Waals surface area contributed by atoms with E-state index in [1.165, 1.54) is 6.07 Å². The van der Waals surface area contributed by atoms with Gasteiger partial charge in [0.25, 0.3) is 0 Å². The highest BCUT2D eigenvalue weighted by Gasteiger charge is 2.41. The molecule has 162 valence electrons. The molecule has 7 heteroatoms. The topological polar surface area (TPSA) is 73.6 Å². The van der Waals surface area contributed by atoms with Crippen molar-refractivity contribution in [2.75, 3.05) is 33.0 Å². The predicted molar refractivity (Wildman–Crippen MR) is 109 cm³/mol. The first-order valence-corrected chi connectivity index (χ1v) is 10.8. The molecule has 0 saturated carbocycles. The maximum absolute atomic E-state index is 14.1. The second kappa shape index (κ2) is 9.71. The van der Waals surface area contributed by atoms with Crippen molar-refractivity contribution in [1.29, 1.82) is 0 Å². The number of hydrogen-bond acceptors (Lipinski definition) is 5. The Morgan fingerprint density at radius 3 is 2.80 bits per heavy atom. The monoisotopic (exact) mass is 416 g/mol. The zero-order valence-electron chi connectivity index (χ0n) is 17.2. The quantitative estimate of drug-likeness (QED) is 0.664. The molecule has 0 bridgehead atoms. The van der Waals surface area contributed by atoms with E-state index in [2.05, 4.69) is 10.5 Å². The zero-order valence-corrected chi connectivity index (χ0v) is 17.2. The maximum atomic E-state index is 14.1. The van der Waals surface area contributed by atoms with Crippen molar-refractivity contribution in [1.82, 2.24) is 10.5 Å². The Balaban J connectivity index is 1.39. The SMILES string of the molecule is O=C(NCCC[C@H]1CCOC1)C1(Cc2cc(-c3ccccc3F)no2)CCOCC1. The fourth-order valence-electron chi connectivity index (χ4n) is 4.36. The fraction of sp³-hybridized carbons (Fsp3) is 0.565. The van der Waals surface area contributed by atoms with Gasteiger partial charge in [-0.05, 0) is 50.2 Å². The molecular formula is C23H29FN2O4. The van der Waals surface area contributed by atoms with Crippen molar-refractivity contribution in [3.8, 4) is 11.3 Å². The Morgan fingerprint density at radius 1 is 1.20 bits per heavy atom. The molecule has 2 aliphatic rings. The highest BCUT2D eigenvalue weighted by molar-refractivity contribution is 5.83. The van der Waals surface area contributed by atoms with Gasteiger partial charge in [-0.1, -0.05) is 17.3 Å². The molecule has 6 nitrogen and oxygen atoms in total. The third kappa shape index (κ3) is 4.90. The van der Waals surface area contributed by atoms with Crippen molar-refractivity contribution < 1.29 is 23.2 Å². The minimum Gasteiger partial charge on any atom is -0.381 e. The van der Waals surface area contributed by atoms with Crippen LogP contribution in [-0.2, 0) is 20.7 Å². The lowest BCUT2D eigenvalue weighted by Gasteiger charge is -2.35. The van der Waals surface area contributed by atoms with Gasteiger partial charge in [-0.2, -0.15) is 0 Å². The molecule has 0 radical (unpaired) electrons. The molecule has 2 aliphatic heterocycles. The summed E-state index contributed by atoms with van der Waals surface area (Å²) in [5.74, 6) is 0.902. The van der Waals surface area contributed by atoms with Gasteiger partial charge in [-0.3, -0.25) is 4.79 Å². The molecule has 1 atom stereocenters. The van der Waals surface area contributed by atoms with Crippen molar-refractivity contribution >= 4 is 5.91 Å². The van der Waals surface area contributed by atoms with E-state index in [4.69, 9.17) is 14.0 Å². The van der Waals surface area contributed by atoms with E-state index >= 15 is 0 Å². The van der Waals surface area contributed by atoms with Crippen LogP contribution in [0, 0.1) is 17.2 Å². The van der Waals surface area contributed by atoms with E-state index < -0.39 is 5.41 Å². The zero-order chi connectivity index (χ0) is 20.8. The molecule has 0 aliphatic carbocycles. The smallest absolute Gasteiger partial charge is 0.226 e. The van der Waals surface area contributed by atoms with Crippen molar-refractivity contribution in [3.05, 3.63) is 41.9 Å². The van der Waals surface area contributed by atoms with Crippen LogP contribution < -0.4 is 5.32 Å². The summed E-state index contributed by atoms with van der Waals surface area (Å²) >= 11 is 0. The average Bonchev–Trinajstić information content (AvgIpc) is 3.44. The van der Waals surface area contributed by atoms with E-state index in [9.17, 15) is 9.18 Å². The fourth-order valence-corrected chi connectivity index (χ4v) is 4.36. The van der Waals surface area contributed by atoms with Crippen molar-refractivity contribution in [2.24, 2.45) is 11.3 Å². The number of halogens is 1. The number of carbonyl (C=O) groups excluding carboxylic acids is 1. The van der Waals surface area contributed by atoms with Crippen molar-refractivity contribution in [3.63, 3.8) is 0 Å². The lowest BCUT2D eigenvalue weighted by atomic mass is 9.75. The van der Waals surface area contributed by atoms with Crippen LogP contribution in [0.4, 0.5) is 4.39 Å². The number of nitrogens with one attached hydrogen (secondary N) is 1. The second-order valence-corrected chi connectivity index (χ2v) is 8.36.